The lowest BCUT2D eigenvalue weighted by atomic mass is 10.1. The predicted octanol–water partition coefficient (Wildman–Crippen LogP) is 3.70. The van der Waals surface area contributed by atoms with Crippen LogP contribution in [0, 0.1) is 0 Å². The smallest absolute Gasteiger partial charge is 0.172 e. The Kier molecular flexibility index (Phi) is 5.12. The van der Waals surface area contributed by atoms with Gasteiger partial charge in [-0.15, -0.1) is 0 Å². The first-order valence-electron chi connectivity index (χ1n) is 10.7. The van der Waals surface area contributed by atoms with Crippen LogP contribution in [0.25, 0.3) is 11.0 Å². The highest BCUT2D eigenvalue weighted by atomic mass is 16.5. The molecular formula is C23H27N5O2. The Labute approximate surface area is 176 Å². The molecule has 1 aliphatic carbocycles. The van der Waals surface area contributed by atoms with E-state index in [4.69, 9.17) is 14.7 Å². The molecule has 1 aliphatic heterocycles. The molecule has 2 aromatic heterocycles. The van der Waals surface area contributed by atoms with Gasteiger partial charge in [-0.05, 0) is 43.5 Å². The van der Waals surface area contributed by atoms with E-state index in [2.05, 4.69) is 15.2 Å². The van der Waals surface area contributed by atoms with E-state index in [0.29, 0.717) is 6.04 Å². The summed E-state index contributed by atoms with van der Waals surface area (Å²) in [5.74, 6) is 2.65. The number of hydrogen-bond acceptors (Lipinski definition) is 7. The highest BCUT2D eigenvalue weighted by Crippen LogP contribution is 2.32. The average Bonchev–Trinajstić information content (AvgIpc) is 3.58. The summed E-state index contributed by atoms with van der Waals surface area (Å²) in [5, 5.41) is 13.2. The largest absolute Gasteiger partial charge is 0.490 e. The highest BCUT2D eigenvalue weighted by Gasteiger charge is 2.28. The van der Waals surface area contributed by atoms with Crippen LogP contribution in [0.15, 0.2) is 42.7 Å². The summed E-state index contributed by atoms with van der Waals surface area (Å²) in [6, 6.07) is 10.1. The molecule has 1 atom stereocenters. The minimum Gasteiger partial charge on any atom is -0.490 e. The minimum absolute atomic E-state index is 0.175. The molecular weight excluding hydrogens is 378 g/mol. The summed E-state index contributed by atoms with van der Waals surface area (Å²) < 4.78 is 6.18. The molecule has 5 rings (SSSR count). The van der Waals surface area contributed by atoms with Crippen LogP contribution < -0.4 is 15.0 Å². The number of aliphatic hydroxyl groups is 1. The zero-order valence-corrected chi connectivity index (χ0v) is 17.2. The van der Waals surface area contributed by atoms with Crippen molar-refractivity contribution in [2.24, 2.45) is 0 Å². The van der Waals surface area contributed by atoms with Gasteiger partial charge in [0.05, 0.1) is 17.8 Å². The lowest BCUT2D eigenvalue weighted by molar-refractivity contribution is 0.170. The summed E-state index contributed by atoms with van der Waals surface area (Å²) in [7, 11) is 0. The van der Waals surface area contributed by atoms with E-state index < -0.39 is 6.10 Å². The Morgan fingerprint density at radius 1 is 1.03 bits per heavy atom. The lowest BCUT2D eigenvalue weighted by Crippen LogP contribution is -2.39. The quantitative estimate of drug-likeness (QED) is 0.647. The molecule has 0 amide bonds. The fraction of sp³-hybridized carbons (Fsp3) is 0.435. The zero-order chi connectivity index (χ0) is 20.5. The Bertz CT molecular complexity index is 1010. The second kappa shape index (κ2) is 8.07. The molecule has 7 nitrogen and oxygen atoms in total. The average molecular weight is 406 g/mol. The molecule has 2 aliphatic rings. The predicted molar refractivity (Wildman–Crippen MR) is 117 cm³/mol. The van der Waals surface area contributed by atoms with Gasteiger partial charge in [-0.3, -0.25) is 4.98 Å². The number of aliphatic hydroxyl groups excluding tert-OH is 1. The molecule has 1 saturated carbocycles. The maximum atomic E-state index is 9.65. The monoisotopic (exact) mass is 405 g/mol. The van der Waals surface area contributed by atoms with Crippen molar-refractivity contribution in [2.75, 3.05) is 23.3 Å². The van der Waals surface area contributed by atoms with Gasteiger partial charge in [-0.1, -0.05) is 12.1 Å². The fourth-order valence-electron chi connectivity index (χ4n) is 3.84. The van der Waals surface area contributed by atoms with E-state index in [1.165, 1.54) is 12.8 Å². The first-order valence-corrected chi connectivity index (χ1v) is 10.7. The van der Waals surface area contributed by atoms with Crippen molar-refractivity contribution in [3.05, 3.63) is 48.3 Å². The Hall–Kier alpha value is -2.93. The molecule has 0 radical (unpaired) electrons. The standard InChI is InChI=1S/C23H27N5O2/c1-15(29)16-2-6-18(7-3-16)30-19-9-12-28(13-10-19)23-22(25-17-4-5-17)26-20-8-11-24-14-21(20)27-23/h2-3,6-8,11,14-15,17,19,29H,4-5,9-10,12-13H2,1H3,(H,25,26). The zero-order valence-electron chi connectivity index (χ0n) is 17.2. The highest BCUT2D eigenvalue weighted by molar-refractivity contribution is 5.80. The molecule has 30 heavy (non-hydrogen) atoms. The van der Waals surface area contributed by atoms with Crippen molar-refractivity contribution in [3.8, 4) is 5.75 Å². The first kappa shape index (κ1) is 19.1. The molecule has 7 heteroatoms. The van der Waals surface area contributed by atoms with Gasteiger partial charge in [-0.25, -0.2) is 9.97 Å². The van der Waals surface area contributed by atoms with E-state index in [1.807, 2.05) is 30.3 Å². The summed E-state index contributed by atoms with van der Waals surface area (Å²) in [5.41, 5.74) is 2.60. The van der Waals surface area contributed by atoms with Gasteiger partial charge in [0.2, 0.25) is 0 Å². The minimum atomic E-state index is -0.459. The van der Waals surface area contributed by atoms with Crippen molar-refractivity contribution >= 4 is 22.7 Å². The topological polar surface area (TPSA) is 83.4 Å². The van der Waals surface area contributed by atoms with E-state index in [9.17, 15) is 5.11 Å². The van der Waals surface area contributed by atoms with Crippen LogP contribution >= 0.6 is 0 Å². The molecule has 1 aromatic carbocycles. The van der Waals surface area contributed by atoms with Gasteiger partial charge in [0.1, 0.15) is 17.4 Å². The number of ether oxygens (including phenoxy) is 1. The molecule has 3 aromatic rings. The molecule has 1 unspecified atom stereocenters. The third kappa shape index (κ3) is 4.16. The third-order valence-electron chi connectivity index (χ3n) is 5.77. The number of nitrogens with one attached hydrogen (secondary N) is 1. The van der Waals surface area contributed by atoms with Crippen molar-refractivity contribution in [1.29, 1.82) is 0 Å². The Morgan fingerprint density at radius 2 is 1.80 bits per heavy atom. The SMILES string of the molecule is CC(O)c1ccc(OC2CCN(c3nc4cnccc4nc3NC3CC3)CC2)cc1. The van der Waals surface area contributed by atoms with Crippen LogP contribution in [-0.2, 0) is 0 Å². The molecule has 0 bridgehead atoms. The van der Waals surface area contributed by atoms with E-state index >= 15 is 0 Å². The normalized spacial score (nSPS) is 18.4. The van der Waals surface area contributed by atoms with E-state index in [-0.39, 0.29) is 6.10 Å². The molecule has 156 valence electrons. The van der Waals surface area contributed by atoms with Gasteiger partial charge in [-0.2, -0.15) is 0 Å². The summed E-state index contributed by atoms with van der Waals surface area (Å²) in [4.78, 5) is 16.2. The van der Waals surface area contributed by atoms with Gasteiger partial charge < -0.3 is 20.1 Å². The van der Waals surface area contributed by atoms with Crippen molar-refractivity contribution in [2.45, 2.75) is 50.9 Å². The number of nitrogens with zero attached hydrogens (tertiary/aromatic N) is 4. The number of rotatable bonds is 6. The maximum absolute atomic E-state index is 9.65. The second-order valence-electron chi connectivity index (χ2n) is 8.23. The summed E-state index contributed by atoms with van der Waals surface area (Å²) >= 11 is 0. The van der Waals surface area contributed by atoms with Crippen molar-refractivity contribution in [3.63, 3.8) is 0 Å². The number of anilines is 2. The maximum Gasteiger partial charge on any atom is 0.172 e. The van der Waals surface area contributed by atoms with Crippen LogP contribution in [0.4, 0.5) is 11.6 Å². The van der Waals surface area contributed by atoms with Crippen LogP contribution in [-0.4, -0.2) is 45.3 Å². The van der Waals surface area contributed by atoms with Crippen LogP contribution in [0.3, 0.4) is 0 Å². The number of hydrogen-bond donors (Lipinski definition) is 2. The van der Waals surface area contributed by atoms with Gasteiger partial charge in [0, 0.05) is 38.2 Å². The van der Waals surface area contributed by atoms with Crippen LogP contribution in [0.5, 0.6) is 5.75 Å². The van der Waals surface area contributed by atoms with E-state index in [1.54, 1.807) is 19.3 Å². The molecule has 1 saturated heterocycles. The van der Waals surface area contributed by atoms with Crippen LogP contribution in [0.2, 0.25) is 0 Å². The van der Waals surface area contributed by atoms with Crippen molar-refractivity contribution < 1.29 is 9.84 Å². The molecule has 0 spiro atoms. The molecule has 3 heterocycles. The van der Waals surface area contributed by atoms with Gasteiger partial charge in [0.25, 0.3) is 0 Å². The van der Waals surface area contributed by atoms with Crippen LogP contribution in [0.1, 0.15) is 44.3 Å². The van der Waals surface area contributed by atoms with Crippen molar-refractivity contribution in [1.82, 2.24) is 15.0 Å². The Balaban J connectivity index is 1.28. The number of piperidine rings is 1. The summed E-state index contributed by atoms with van der Waals surface area (Å²) in [6.07, 6.45) is 7.49. The number of pyridine rings is 1. The fourth-order valence-corrected chi connectivity index (χ4v) is 3.84. The van der Waals surface area contributed by atoms with E-state index in [0.717, 1.165) is 59.9 Å². The van der Waals surface area contributed by atoms with Gasteiger partial charge >= 0.3 is 0 Å². The van der Waals surface area contributed by atoms with Gasteiger partial charge in [0.15, 0.2) is 11.6 Å². The second-order valence-corrected chi connectivity index (χ2v) is 8.23. The lowest BCUT2D eigenvalue weighted by Gasteiger charge is -2.33. The Morgan fingerprint density at radius 3 is 2.50 bits per heavy atom. The molecule has 2 N–H and O–H groups in total. The third-order valence-corrected chi connectivity index (χ3v) is 5.77. The first-order chi connectivity index (χ1) is 14.7. The molecule has 2 fully saturated rings. The number of benzene rings is 1. The number of aromatic nitrogens is 3. The summed E-state index contributed by atoms with van der Waals surface area (Å²) in [6.45, 7) is 3.51. The number of fused-ring (bicyclic) bond motifs is 1.